The first kappa shape index (κ1) is 36.1. The Kier molecular flexibility index (Phi) is 9.07. The van der Waals surface area contributed by atoms with Gasteiger partial charge in [0.2, 0.25) is 0 Å². The number of aromatic nitrogens is 4. The highest BCUT2D eigenvalue weighted by atomic mass is 35.5. The fourth-order valence-electron chi connectivity index (χ4n) is 4.56. The van der Waals surface area contributed by atoms with E-state index in [2.05, 4.69) is 10.2 Å². The Balaban J connectivity index is 1.70. The first-order valence-electron chi connectivity index (χ1n) is 13.5. The predicted octanol–water partition coefficient (Wildman–Crippen LogP) is 6.10. The van der Waals surface area contributed by atoms with Crippen LogP contribution in [-0.4, -0.2) is 65.9 Å². The highest BCUT2D eigenvalue weighted by Crippen LogP contribution is 2.49. The number of benzene rings is 1. The molecule has 0 saturated heterocycles. The van der Waals surface area contributed by atoms with Crippen LogP contribution in [0.1, 0.15) is 54.7 Å². The second-order valence-corrected chi connectivity index (χ2v) is 11.9. The van der Waals surface area contributed by atoms with Crippen LogP contribution in [0.2, 0.25) is 5.02 Å². The number of aliphatic carboxylic acids is 1. The molecule has 1 aromatic carbocycles. The van der Waals surface area contributed by atoms with Crippen molar-refractivity contribution in [1.29, 1.82) is 5.26 Å². The Hall–Kier alpha value is -4.73. The van der Waals surface area contributed by atoms with E-state index in [-0.39, 0.29) is 39.2 Å². The van der Waals surface area contributed by atoms with Gasteiger partial charge in [-0.1, -0.05) is 17.7 Å². The van der Waals surface area contributed by atoms with Gasteiger partial charge in [-0.05, 0) is 44.4 Å². The number of halogens is 9. The van der Waals surface area contributed by atoms with Gasteiger partial charge in [-0.15, -0.1) is 0 Å². The van der Waals surface area contributed by atoms with Gasteiger partial charge in [0.1, 0.15) is 11.1 Å². The monoisotopic (exact) mass is 710 g/mol. The number of amides is 1. The molecule has 2 heterocycles. The maximum absolute atomic E-state index is 14.1. The van der Waals surface area contributed by atoms with E-state index in [9.17, 15) is 59.9 Å². The molecule has 1 fully saturated rings. The van der Waals surface area contributed by atoms with Crippen molar-refractivity contribution in [2.24, 2.45) is 12.5 Å². The number of carbonyl (C=O) groups is 3. The minimum atomic E-state index is -6.40. The zero-order valence-electron chi connectivity index (χ0n) is 24.9. The quantitative estimate of drug-likeness (QED) is 0.151. The van der Waals surface area contributed by atoms with Crippen molar-refractivity contribution in [2.45, 2.75) is 56.9 Å². The van der Waals surface area contributed by atoms with Crippen LogP contribution in [0.25, 0.3) is 16.9 Å². The van der Waals surface area contributed by atoms with E-state index < -0.39 is 77.3 Å². The fraction of sp³-hybridized carbons (Fsp3) is 0.429. The topological polar surface area (TPSA) is 143 Å². The summed E-state index contributed by atoms with van der Waals surface area (Å²) in [6.07, 6.45) is -10.5. The molecule has 48 heavy (non-hydrogen) atoms. The second kappa shape index (κ2) is 12.1. The Labute approximate surface area is 270 Å². The predicted molar refractivity (Wildman–Crippen MR) is 146 cm³/mol. The molecular weight excluding hydrogens is 688 g/mol. The molecule has 3 aromatic rings. The molecule has 0 spiro atoms. The van der Waals surface area contributed by atoms with Gasteiger partial charge >= 0.3 is 30.2 Å². The maximum atomic E-state index is 14.1. The first-order valence-corrected chi connectivity index (χ1v) is 13.9. The smallest absolute Gasteiger partial charge is 0.459 e. The number of nitrogens with zero attached hydrogens (tertiary/aromatic N) is 6. The van der Waals surface area contributed by atoms with E-state index in [1.165, 1.54) is 26.0 Å². The van der Waals surface area contributed by atoms with E-state index in [0.29, 0.717) is 11.7 Å². The van der Waals surface area contributed by atoms with Crippen molar-refractivity contribution in [3.63, 3.8) is 0 Å². The number of hydrogen-bond donors (Lipinski definition) is 1. The highest BCUT2D eigenvalue weighted by Gasteiger charge is 2.64. The van der Waals surface area contributed by atoms with Gasteiger partial charge in [-0.2, -0.15) is 50.6 Å². The van der Waals surface area contributed by atoms with Gasteiger partial charge in [-0.25, -0.2) is 9.36 Å². The molecule has 20 heteroatoms. The van der Waals surface area contributed by atoms with Crippen LogP contribution in [0.5, 0.6) is 0 Å². The number of carboxylic acid groups (broad SMARTS) is 1. The Bertz CT molecular complexity index is 1820. The summed E-state index contributed by atoms with van der Waals surface area (Å²) >= 11 is 6.27. The molecule has 0 radical (unpaired) electrons. The van der Waals surface area contributed by atoms with Crippen molar-refractivity contribution in [3.8, 4) is 23.0 Å². The van der Waals surface area contributed by atoms with Crippen molar-refractivity contribution < 1.29 is 59.4 Å². The Morgan fingerprint density at radius 1 is 1.10 bits per heavy atom. The lowest BCUT2D eigenvalue weighted by molar-refractivity contribution is -0.292. The lowest BCUT2D eigenvalue weighted by Crippen LogP contribution is -2.44. The van der Waals surface area contributed by atoms with Crippen LogP contribution < -0.4 is 0 Å². The summed E-state index contributed by atoms with van der Waals surface area (Å²) in [6.45, 7) is 1.80. The zero-order valence-corrected chi connectivity index (χ0v) is 25.6. The molecular formula is C28H23ClF8N6O5. The normalized spacial score (nSPS) is 14.7. The SMILES string of the molecule is Cn1nc(C(F)(F)C(F)(F)F)c(C(F)(F)F)c1-n1cc(-c2ccc(Cl)c(C(=O)N(COC(=O)CC(C)(C)C(=O)O)C3(C#N)CC3)c2)cn1. The van der Waals surface area contributed by atoms with Crippen LogP contribution >= 0.6 is 11.6 Å². The van der Waals surface area contributed by atoms with Crippen molar-refractivity contribution >= 4 is 29.4 Å². The number of nitriles is 1. The highest BCUT2D eigenvalue weighted by molar-refractivity contribution is 6.34. The molecule has 0 atom stereocenters. The maximum Gasteiger partial charge on any atom is 0.459 e. The van der Waals surface area contributed by atoms with Crippen molar-refractivity contribution in [3.05, 3.63) is 52.4 Å². The largest absolute Gasteiger partial charge is 0.481 e. The average molecular weight is 711 g/mol. The van der Waals surface area contributed by atoms with E-state index >= 15 is 0 Å². The number of ether oxygens (including phenoxy) is 1. The third kappa shape index (κ3) is 6.66. The third-order valence-corrected chi connectivity index (χ3v) is 7.83. The van der Waals surface area contributed by atoms with Gasteiger partial charge in [0.05, 0.1) is 34.7 Å². The molecule has 1 amide bonds. The van der Waals surface area contributed by atoms with E-state index in [1.54, 1.807) is 0 Å². The lowest BCUT2D eigenvalue weighted by atomic mass is 9.90. The molecule has 258 valence electrons. The van der Waals surface area contributed by atoms with Gasteiger partial charge < -0.3 is 9.84 Å². The lowest BCUT2D eigenvalue weighted by Gasteiger charge is -2.28. The summed E-state index contributed by atoms with van der Waals surface area (Å²) in [7, 11) is 0.716. The van der Waals surface area contributed by atoms with Gasteiger partial charge in [0.25, 0.3) is 5.91 Å². The number of alkyl halides is 8. The van der Waals surface area contributed by atoms with Gasteiger partial charge in [0.15, 0.2) is 18.2 Å². The minimum Gasteiger partial charge on any atom is -0.481 e. The Morgan fingerprint density at radius 2 is 1.73 bits per heavy atom. The number of aryl methyl sites for hydroxylation is 1. The number of carbonyl (C=O) groups excluding carboxylic acids is 2. The summed E-state index contributed by atoms with van der Waals surface area (Å²) in [6, 6.07) is 5.62. The molecule has 0 unspecified atom stereocenters. The number of hydrogen-bond acceptors (Lipinski definition) is 7. The summed E-state index contributed by atoms with van der Waals surface area (Å²) in [5, 5.41) is 25.4. The minimum absolute atomic E-state index is 0.0468. The number of rotatable bonds is 10. The number of esters is 1. The van der Waals surface area contributed by atoms with Crippen molar-refractivity contribution in [2.75, 3.05) is 6.73 Å². The van der Waals surface area contributed by atoms with E-state index in [0.717, 1.165) is 23.4 Å². The molecule has 1 saturated carbocycles. The summed E-state index contributed by atoms with van der Waals surface area (Å²) in [5.74, 6) is -10.4. The van der Waals surface area contributed by atoms with Crippen LogP contribution in [0, 0.1) is 16.7 Å². The van der Waals surface area contributed by atoms with Crippen molar-refractivity contribution in [1.82, 2.24) is 24.5 Å². The average Bonchev–Trinajstić information content (AvgIpc) is 3.43. The summed E-state index contributed by atoms with van der Waals surface area (Å²) < 4.78 is 115. The zero-order chi connectivity index (χ0) is 36.2. The van der Waals surface area contributed by atoms with Gasteiger partial charge in [-0.3, -0.25) is 19.3 Å². The van der Waals surface area contributed by atoms with Gasteiger partial charge in [0, 0.05) is 18.8 Å². The van der Waals surface area contributed by atoms with Crippen LogP contribution in [-0.2, 0) is 33.5 Å². The molecule has 1 aliphatic rings. The van der Waals surface area contributed by atoms with Crippen LogP contribution in [0.4, 0.5) is 35.1 Å². The molecule has 1 N–H and O–H groups in total. The van der Waals surface area contributed by atoms with Crippen LogP contribution in [0.15, 0.2) is 30.6 Å². The molecule has 11 nitrogen and oxygen atoms in total. The van der Waals surface area contributed by atoms with Crippen LogP contribution in [0.3, 0.4) is 0 Å². The molecule has 0 aliphatic heterocycles. The molecule has 4 rings (SSSR count). The number of carboxylic acids is 1. The van der Waals surface area contributed by atoms with E-state index in [4.69, 9.17) is 16.3 Å². The standard InChI is InChI=1S/C28H23ClF8N6O5/c1-24(2,23(46)47)9-18(44)48-13-42(25(12-38)6-7-25)22(45)16-8-14(4-5-17(16)29)15-10-39-43(11-15)21-19(27(32,33)34)20(40-41(21)3)26(30,31)28(35,36)37/h4-5,8,10-11H,6-7,9,13H2,1-3H3,(H,46,47). The molecule has 2 aromatic heterocycles. The molecule has 0 bridgehead atoms. The fourth-order valence-corrected chi connectivity index (χ4v) is 4.75. The summed E-state index contributed by atoms with van der Waals surface area (Å²) in [4.78, 5) is 38.4. The van der Waals surface area contributed by atoms with E-state index in [1.807, 2.05) is 6.07 Å². The summed E-state index contributed by atoms with van der Waals surface area (Å²) in [5.41, 5.74) is -8.10. The third-order valence-electron chi connectivity index (χ3n) is 7.50. The first-order chi connectivity index (χ1) is 22.0. The molecule has 1 aliphatic carbocycles. The Morgan fingerprint density at radius 3 is 2.25 bits per heavy atom. The second-order valence-electron chi connectivity index (χ2n) is 11.5.